The number of rotatable bonds is 3. The number of nitrogens with zero attached hydrogens (tertiary/aromatic N) is 3. The van der Waals surface area contributed by atoms with Crippen molar-refractivity contribution < 1.29 is 13.2 Å². The van der Waals surface area contributed by atoms with E-state index >= 15 is 0 Å². The van der Waals surface area contributed by atoms with E-state index in [9.17, 15) is 13.2 Å². The number of halogens is 2. The van der Waals surface area contributed by atoms with Crippen LogP contribution >= 0.6 is 23.2 Å². The topological polar surface area (TPSA) is 81.5 Å². The van der Waals surface area contributed by atoms with Gasteiger partial charge in [0.25, 0.3) is 5.91 Å². The van der Waals surface area contributed by atoms with Crippen LogP contribution in [-0.4, -0.2) is 49.7 Å². The van der Waals surface area contributed by atoms with Gasteiger partial charge in [-0.25, -0.2) is 8.42 Å². The van der Waals surface area contributed by atoms with Gasteiger partial charge in [-0.15, -0.1) is 0 Å². The minimum atomic E-state index is -3.71. The van der Waals surface area contributed by atoms with Crippen LogP contribution < -0.4 is 0 Å². The lowest BCUT2D eigenvalue weighted by Crippen LogP contribution is -2.50. The Labute approximate surface area is 167 Å². The molecule has 27 heavy (non-hydrogen) atoms. The monoisotopic (exact) mass is 423 g/mol. The maximum absolute atomic E-state index is 12.8. The van der Waals surface area contributed by atoms with Crippen LogP contribution in [0.5, 0.6) is 0 Å². The van der Waals surface area contributed by atoms with Gasteiger partial charge < -0.3 is 4.90 Å². The average Bonchev–Trinajstić information content (AvgIpc) is 2.69. The van der Waals surface area contributed by atoms with Crippen LogP contribution in [0.3, 0.4) is 0 Å². The second kappa shape index (κ2) is 7.87. The summed E-state index contributed by atoms with van der Waals surface area (Å²) in [4.78, 5) is 14.2. The van der Waals surface area contributed by atoms with Crippen LogP contribution in [0.4, 0.5) is 0 Å². The molecule has 1 aliphatic heterocycles. The van der Waals surface area contributed by atoms with Crippen LogP contribution in [0, 0.1) is 11.3 Å². The third kappa shape index (κ3) is 4.09. The lowest BCUT2D eigenvalue weighted by molar-refractivity contribution is 0.0698. The van der Waals surface area contributed by atoms with Crippen molar-refractivity contribution in [3.05, 3.63) is 63.6 Å². The first-order chi connectivity index (χ1) is 12.8. The van der Waals surface area contributed by atoms with Crippen molar-refractivity contribution in [2.75, 3.05) is 26.2 Å². The Bertz CT molecular complexity index is 1010. The van der Waals surface area contributed by atoms with Crippen molar-refractivity contribution in [3.8, 4) is 6.07 Å². The largest absolute Gasteiger partial charge is 0.336 e. The summed E-state index contributed by atoms with van der Waals surface area (Å²) >= 11 is 11.8. The predicted molar refractivity (Wildman–Crippen MR) is 102 cm³/mol. The molecule has 0 radical (unpaired) electrons. The van der Waals surface area contributed by atoms with Crippen LogP contribution in [0.15, 0.2) is 47.4 Å². The fourth-order valence-corrected chi connectivity index (χ4v) is 4.60. The summed E-state index contributed by atoms with van der Waals surface area (Å²) in [7, 11) is -3.71. The molecule has 0 saturated carbocycles. The van der Waals surface area contributed by atoms with E-state index in [0.29, 0.717) is 11.1 Å². The van der Waals surface area contributed by atoms with Crippen molar-refractivity contribution in [1.82, 2.24) is 9.21 Å². The molecule has 2 aromatic carbocycles. The molecule has 0 aromatic heterocycles. The molecule has 1 aliphatic rings. The van der Waals surface area contributed by atoms with Gasteiger partial charge in [0.05, 0.1) is 26.6 Å². The summed E-state index contributed by atoms with van der Waals surface area (Å²) in [5.74, 6) is -0.189. The molecule has 0 N–H and O–H groups in total. The maximum atomic E-state index is 12.8. The third-order valence-electron chi connectivity index (χ3n) is 4.32. The molecule has 1 fully saturated rings. The van der Waals surface area contributed by atoms with Gasteiger partial charge in [0.2, 0.25) is 10.0 Å². The first-order valence-electron chi connectivity index (χ1n) is 8.07. The highest BCUT2D eigenvalue weighted by Crippen LogP contribution is 2.27. The van der Waals surface area contributed by atoms with Gasteiger partial charge >= 0.3 is 0 Å². The lowest BCUT2D eigenvalue weighted by atomic mass is 10.1. The number of piperazine rings is 1. The molecule has 1 saturated heterocycles. The van der Waals surface area contributed by atoms with Crippen molar-refractivity contribution >= 4 is 39.1 Å². The van der Waals surface area contributed by atoms with E-state index < -0.39 is 10.0 Å². The molecule has 0 bridgehead atoms. The lowest BCUT2D eigenvalue weighted by Gasteiger charge is -2.34. The van der Waals surface area contributed by atoms with Crippen molar-refractivity contribution in [3.63, 3.8) is 0 Å². The summed E-state index contributed by atoms with van der Waals surface area (Å²) in [5.41, 5.74) is 0.943. The van der Waals surface area contributed by atoms with Crippen LogP contribution in [0.1, 0.15) is 15.9 Å². The Morgan fingerprint density at radius 1 is 0.963 bits per heavy atom. The first-order valence-corrected chi connectivity index (χ1v) is 10.3. The van der Waals surface area contributed by atoms with Crippen molar-refractivity contribution in [2.45, 2.75) is 4.90 Å². The van der Waals surface area contributed by atoms with E-state index in [0.717, 1.165) is 0 Å². The standard InChI is InChI=1S/C18H15Cl2N3O3S/c19-16-6-5-15(11-17(16)20)27(25,26)23-9-7-22(8-10-23)18(24)14-3-1-13(12-21)2-4-14/h1-6,11H,7-10H2. The van der Waals surface area contributed by atoms with Crippen LogP contribution in [0.2, 0.25) is 10.0 Å². The number of benzene rings is 2. The zero-order chi connectivity index (χ0) is 19.6. The van der Waals surface area contributed by atoms with Crippen LogP contribution in [-0.2, 0) is 10.0 Å². The van der Waals surface area contributed by atoms with Crippen LogP contribution in [0.25, 0.3) is 0 Å². The quantitative estimate of drug-likeness (QED) is 0.759. The second-order valence-corrected chi connectivity index (χ2v) is 8.71. The van der Waals surface area contributed by atoms with E-state index in [4.69, 9.17) is 28.5 Å². The first kappa shape index (κ1) is 19.6. The second-order valence-electron chi connectivity index (χ2n) is 5.96. The van der Waals surface area contributed by atoms with Gasteiger partial charge in [-0.05, 0) is 42.5 Å². The van der Waals surface area contributed by atoms with Gasteiger partial charge in [-0.2, -0.15) is 9.57 Å². The molecule has 140 valence electrons. The predicted octanol–water partition coefficient (Wildman–Crippen LogP) is 3.01. The minimum Gasteiger partial charge on any atom is -0.336 e. The summed E-state index contributed by atoms with van der Waals surface area (Å²) in [6.07, 6.45) is 0. The third-order valence-corrected chi connectivity index (χ3v) is 6.95. The molecule has 9 heteroatoms. The van der Waals surface area contributed by atoms with E-state index in [1.54, 1.807) is 29.2 Å². The van der Waals surface area contributed by atoms with Gasteiger partial charge in [0.1, 0.15) is 0 Å². The molecule has 6 nitrogen and oxygen atoms in total. The van der Waals surface area contributed by atoms with Gasteiger partial charge in [0, 0.05) is 31.7 Å². The number of carbonyl (C=O) groups is 1. The molecular weight excluding hydrogens is 409 g/mol. The SMILES string of the molecule is N#Cc1ccc(C(=O)N2CCN(S(=O)(=O)c3ccc(Cl)c(Cl)c3)CC2)cc1. The highest BCUT2D eigenvalue weighted by atomic mass is 35.5. The number of hydrogen-bond donors (Lipinski definition) is 0. The zero-order valence-corrected chi connectivity index (χ0v) is 16.4. The van der Waals surface area contributed by atoms with Crippen molar-refractivity contribution in [1.29, 1.82) is 5.26 Å². The smallest absolute Gasteiger partial charge is 0.253 e. The minimum absolute atomic E-state index is 0.0729. The number of carbonyl (C=O) groups excluding carboxylic acids is 1. The summed E-state index contributed by atoms with van der Waals surface area (Å²) in [5, 5.41) is 9.28. The molecule has 1 amide bonds. The Morgan fingerprint density at radius 2 is 1.59 bits per heavy atom. The Kier molecular flexibility index (Phi) is 5.72. The van der Waals surface area contributed by atoms with Gasteiger partial charge in [-0.1, -0.05) is 23.2 Å². The number of amides is 1. The Hall–Kier alpha value is -2.11. The van der Waals surface area contributed by atoms with E-state index in [1.165, 1.54) is 22.5 Å². The Balaban J connectivity index is 1.69. The van der Waals surface area contributed by atoms with Gasteiger partial charge in [0.15, 0.2) is 0 Å². The fraction of sp³-hybridized carbons (Fsp3) is 0.222. The highest BCUT2D eigenvalue weighted by molar-refractivity contribution is 7.89. The van der Waals surface area contributed by atoms with E-state index in [2.05, 4.69) is 0 Å². The fourth-order valence-electron chi connectivity index (χ4n) is 2.79. The molecule has 0 unspecified atom stereocenters. The van der Waals surface area contributed by atoms with Crippen molar-refractivity contribution in [2.24, 2.45) is 0 Å². The normalized spacial score (nSPS) is 15.4. The maximum Gasteiger partial charge on any atom is 0.253 e. The molecule has 2 aromatic rings. The Morgan fingerprint density at radius 3 is 2.15 bits per heavy atom. The number of sulfonamides is 1. The molecule has 0 aliphatic carbocycles. The highest BCUT2D eigenvalue weighted by Gasteiger charge is 2.30. The number of nitriles is 1. The number of hydrogen-bond acceptors (Lipinski definition) is 4. The molecule has 0 spiro atoms. The zero-order valence-electron chi connectivity index (χ0n) is 14.1. The summed E-state index contributed by atoms with van der Waals surface area (Å²) in [6, 6.07) is 12.5. The van der Waals surface area contributed by atoms with Gasteiger partial charge in [-0.3, -0.25) is 4.79 Å². The summed E-state index contributed by atoms with van der Waals surface area (Å²) < 4.78 is 26.8. The molecular formula is C18H15Cl2N3O3S. The van der Waals surface area contributed by atoms with E-state index in [1.807, 2.05) is 6.07 Å². The molecule has 0 atom stereocenters. The average molecular weight is 424 g/mol. The molecule has 3 rings (SSSR count). The molecule has 1 heterocycles. The summed E-state index contributed by atoms with van der Waals surface area (Å²) in [6.45, 7) is 0.925. The van der Waals surface area contributed by atoms with E-state index in [-0.39, 0.29) is 47.0 Å².